The Balaban J connectivity index is 1.71. The number of amides is 1. The van der Waals surface area contributed by atoms with Gasteiger partial charge in [0.2, 0.25) is 0 Å². The Morgan fingerprint density at radius 2 is 1.90 bits per heavy atom. The lowest BCUT2D eigenvalue weighted by molar-refractivity contribution is 0.0651. The third kappa shape index (κ3) is 2.58. The van der Waals surface area contributed by atoms with Crippen molar-refractivity contribution in [3.8, 4) is 0 Å². The second-order valence-corrected chi connectivity index (χ2v) is 5.53. The highest BCUT2D eigenvalue weighted by Gasteiger charge is 2.23. The Morgan fingerprint density at radius 1 is 1.20 bits per heavy atom. The van der Waals surface area contributed by atoms with Gasteiger partial charge in [-0.25, -0.2) is 0 Å². The second-order valence-electron chi connectivity index (χ2n) is 5.53. The van der Waals surface area contributed by atoms with Crippen molar-refractivity contribution in [1.82, 2.24) is 4.90 Å². The zero-order valence-electron chi connectivity index (χ0n) is 11.6. The summed E-state index contributed by atoms with van der Waals surface area (Å²) in [5.74, 6) is 0.449. The number of likely N-dealkylation sites (tertiary alicyclic amines) is 1. The van der Waals surface area contributed by atoms with E-state index in [0.717, 1.165) is 56.0 Å². The number of fused-ring (bicyclic) bond motifs is 1. The molecular formula is C15H21N3O2. The van der Waals surface area contributed by atoms with Crippen molar-refractivity contribution in [3.63, 3.8) is 0 Å². The maximum absolute atomic E-state index is 12.5. The number of benzene rings is 1. The number of aliphatic hydroxyl groups excluding tert-OH is 1. The van der Waals surface area contributed by atoms with Gasteiger partial charge < -0.3 is 20.6 Å². The van der Waals surface area contributed by atoms with Crippen molar-refractivity contribution in [3.05, 3.63) is 23.8 Å². The standard InChI is InChI=1S/C15H21N3O2/c19-10-11-3-7-18(8-4-11)15(20)12-1-2-13-14(9-12)17-6-5-16-13/h1-2,9,11,16-17,19H,3-8,10H2. The van der Waals surface area contributed by atoms with Crippen LogP contribution in [0.5, 0.6) is 0 Å². The zero-order valence-corrected chi connectivity index (χ0v) is 11.6. The minimum atomic E-state index is 0.0940. The van der Waals surface area contributed by atoms with E-state index >= 15 is 0 Å². The highest BCUT2D eigenvalue weighted by atomic mass is 16.3. The van der Waals surface area contributed by atoms with Crippen LogP contribution in [-0.4, -0.2) is 48.7 Å². The van der Waals surface area contributed by atoms with Crippen molar-refractivity contribution < 1.29 is 9.90 Å². The third-order valence-corrected chi connectivity index (χ3v) is 4.18. The number of carbonyl (C=O) groups is 1. The van der Waals surface area contributed by atoms with E-state index in [1.54, 1.807) is 0 Å². The number of nitrogens with one attached hydrogen (secondary N) is 2. The van der Waals surface area contributed by atoms with E-state index < -0.39 is 0 Å². The van der Waals surface area contributed by atoms with E-state index in [1.165, 1.54) is 0 Å². The van der Waals surface area contributed by atoms with Crippen LogP contribution in [0, 0.1) is 5.92 Å². The predicted molar refractivity (Wildman–Crippen MR) is 79.1 cm³/mol. The lowest BCUT2D eigenvalue weighted by atomic mass is 9.97. The largest absolute Gasteiger partial charge is 0.396 e. The zero-order chi connectivity index (χ0) is 13.9. The Morgan fingerprint density at radius 3 is 2.60 bits per heavy atom. The highest BCUT2D eigenvalue weighted by Crippen LogP contribution is 2.26. The first kappa shape index (κ1) is 13.2. The van der Waals surface area contributed by atoms with E-state index in [9.17, 15) is 4.79 Å². The van der Waals surface area contributed by atoms with Gasteiger partial charge in [0.05, 0.1) is 11.4 Å². The fraction of sp³-hybridized carbons (Fsp3) is 0.533. The van der Waals surface area contributed by atoms with Crippen molar-refractivity contribution in [1.29, 1.82) is 0 Å². The number of nitrogens with zero attached hydrogens (tertiary/aromatic N) is 1. The summed E-state index contributed by atoms with van der Waals surface area (Å²) in [5.41, 5.74) is 2.81. The molecule has 0 saturated carbocycles. The average molecular weight is 275 g/mol. The number of aliphatic hydroxyl groups is 1. The van der Waals surface area contributed by atoms with Gasteiger partial charge in [0.15, 0.2) is 0 Å². The summed E-state index contributed by atoms with van der Waals surface area (Å²) in [6.45, 7) is 3.51. The van der Waals surface area contributed by atoms with Crippen LogP contribution >= 0.6 is 0 Å². The lowest BCUT2D eigenvalue weighted by Gasteiger charge is -2.31. The van der Waals surface area contributed by atoms with Crippen LogP contribution in [0.2, 0.25) is 0 Å². The number of piperidine rings is 1. The van der Waals surface area contributed by atoms with E-state index in [4.69, 9.17) is 5.11 Å². The van der Waals surface area contributed by atoms with Crippen LogP contribution in [0.4, 0.5) is 11.4 Å². The minimum Gasteiger partial charge on any atom is -0.396 e. The molecule has 0 spiro atoms. The Hall–Kier alpha value is -1.75. The molecule has 1 saturated heterocycles. The molecule has 0 radical (unpaired) electrons. The van der Waals surface area contributed by atoms with E-state index in [2.05, 4.69) is 10.6 Å². The van der Waals surface area contributed by atoms with Crippen molar-refractivity contribution in [2.45, 2.75) is 12.8 Å². The SMILES string of the molecule is O=C(c1ccc2c(c1)NCCN2)N1CCC(CO)CC1. The van der Waals surface area contributed by atoms with Gasteiger partial charge in [0, 0.05) is 38.3 Å². The first-order chi connectivity index (χ1) is 9.78. The summed E-state index contributed by atoms with van der Waals surface area (Å²) >= 11 is 0. The molecule has 5 nitrogen and oxygen atoms in total. The van der Waals surface area contributed by atoms with E-state index in [1.807, 2.05) is 23.1 Å². The minimum absolute atomic E-state index is 0.0940. The second kappa shape index (κ2) is 5.71. The Bertz CT molecular complexity index is 496. The normalized spacial score (nSPS) is 18.9. The summed E-state index contributed by atoms with van der Waals surface area (Å²) in [6.07, 6.45) is 1.79. The van der Waals surface area contributed by atoms with Crippen LogP contribution in [0.3, 0.4) is 0 Å². The summed E-state index contributed by atoms with van der Waals surface area (Å²) < 4.78 is 0. The Labute approximate surface area is 119 Å². The third-order valence-electron chi connectivity index (χ3n) is 4.18. The van der Waals surface area contributed by atoms with Gasteiger partial charge in [-0.1, -0.05) is 0 Å². The monoisotopic (exact) mass is 275 g/mol. The van der Waals surface area contributed by atoms with E-state index in [0.29, 0.717) is 5.92 Å². The Kier molecular flexibility index (Phi) is 3.78. The molecular weight excluding hydrogens is 254 g/mol. The lowest BCUT2D eigenvalue weighted by Crippen LogP contribution is -2.39. The van der Waals surface area contributed by atoms with Crippen LogP contribution < -0.4 is 10.6 Å². The molecule has 1 aromatic rings. The van der Waals surface area contributed by atoms with Crippen LogP contribution in [0.1, 0.15) is 23.2 Å². The molecule has 5 heteroatoms. The van der Waals surface area contributed by atoms with Crippen molar-refractivity contribution >= 4 is 17.3 Å². The van der Waals surface area contributed by atoms with Gasteiger partial charge >= 0.3 is 0 Å². The first-order valence-corrected chi connectivity index (χ1v) is 7.30. The fourth-order valence-corrected chi connectivity index (χ4v) is 2.87. The molecule has 0 aromatic heterocycles. The molecule has 20 heavy (non-hydrogen) atoms. The maximum atomic E-state index is 12.5. The summed E-state index contributed by atoms with van der Waals surface area (Å²) in [6, 6.07) is 5.79. The molecule has 3 N–H and O–H groups in total. The molecule has 2 heterocycles. The van der Waals surface area contributed by atoms with Crippen LogP contribution in [0.25, 0.3) is 0 Å². The molecule has 0 bridgehead atoms. The van der Waals surface area contributed by atoms with Gasteiger partial charge in [-0.3, -0.25) is 4.79 Å². The molecule has 3 rings (SSSR count). The topological polar surface area (TPSA) is 64.6 Å². The summed E-state index contributed by atoms with van der Waals surface area (Å²) in [7, 11) is 0. The highest BCUT2D eigenvalue weighted by molar-refractivity contribution is 5.96. The van der Waals surface area contributed by atoms with Gasteiger partial charge in [-0.15, -0.1) is 0 Å². The molecule has 1 amide bonds. The van der Waals surface area contributed by atoms with Gasteiger partial charge in [-0.2, -0.15) is 0 Å². The van der Waals surface area contributed by atoms with Gasteiger partial charge in [0.25, 0.3) is 5.91 Å². The molecule has 1 aromatic carbocycles. The molecule has 2 aliphatic heterocycles. The molecule has 0 atom stereocenters. The number of hydrogen-bond acceptors (Lipinski definition) is 4. The first-order valence-electron chi connectivity index (χ1n) is 7.30. The quantitative estimate of drug-likeness (QED) is 0.763. The number of rotatable bonds is 2. The number of carbonyl (C=O) groups excluding carboxylic acids is 1. The molecule has 108 valence electrons. The fourth-order valence-electron chi connectivity index (χ4n) is 2.87. The number of anilines is 2. The van der Waals surface area contributed by atoms with Crippen LogP contribution in [-0.2, 0) is 0 Å². The summed E-state index contributed by atoms with van der Waals surface area (Å²) in [5, 5.41) is 15.8. The van der Waals surface area contributed by atoms with Gasteiger partial charge in [-0.05, 0) is 37.0 Å². The molecule has 1 fully saturated rings. The smallest absolute Gasteiger partial charge is 0.253 e. The predicted octanol–water partition coefficient (Wildman–Crippen LogP) is 1.37. The maximum Gasteiger partial charge on any atom is 0.253 e. The van der Waals surface area contributed by atoms with Crippen molar-refractivity contribution in [2.24, 2.45) is 5.92 Å². The molecule has 2 aliphatic rings. The van der Waals surface area contributed by atoms with Crippen LogP contribution in [0.15, 0.2) is 18.2 Å². The van der Waals surface area contributed by atoms with Gasteiger partial charge in [0.1, 0.15) is 0 Å². The summed E-state index contributed by atoms with van der Waals surface area (Å²) in [4.78, 5) is 14.4. The number of hydrogen-bond donors (Lipinski definition) is 3. The molecule has 0 aliphatic carbocycles. The molecule has 0 unspecified atom stereocenters. The van der Waals surface area contributed by atoms with E-state index in [-0.39, 0.29) is 12.5 Å². The van der Waals surface area contributed by atoms with Crippen molar-refractivity contribution in [2.75, 3.05) is 43.4 Å². The average Bonchev–Trinajstić information content (AvgIpc) is 2.54.